The molecule has 0 bridgehead atoms. The van der Waals surface area contributed by atoms with E-state index in [1.165, 1.54) is 6.07 Å². The van der Waals surface area contributed by atoms with Crippen LogP contribution < -0.4 is 11.4 Å². The maximum absolute atomic E-state index is 11.8. The number of halogens is 1. The zero-order chi connectivity index (χ0) is 22.2. The Hall–Kier alpha value is 1.26. The molecule has 2 rings (SSSR count). The van der Waals surface area contributed by atoms with Crippen LogP contribution in [-0.4, -0.2) is 123 Å². The molecule has 23 heteroatoms. The second kappa shape index (κ2) is 13.5. The van der Waals surface area contributed by atoms with E-state index in [-0.39, 0.29) is 77.3 Å². The fraction of sp³-hybridized carbons (Fsp3) is 0.556. The normalized spacial score (nSPS) is 26.6. The van der Waals surface area contributed by atoms with Gasteiger partial charge in [-0.3, -0.25) is 9.09 Å². The van der Waals surface area contributed by atoms with E-state index in [0.29, 0.717) is 0 Å². The van der Waals surface area contributed by atoms with Gasteiger partial charge in [0, 0.05) is 6.20 Å². The summed E-state index contributed by atoms with van der Waals surface area (Å²) in [7, 11) is -16.7. The van der Waals surface area contributed by atoms with Crippen molar-refractivity contribution >= 4 is 101 Å². The van der Waals surface area contributed by atoms with Crippen molar-refractivity contribution in [1.82, 2.24) is 9.55 Å². The molecule has 0 saturated carbocycles. The van der Waals surface area contributed by atoms with E-state index >= 15 is 0 Å². The number of hydrogen-bond acceptors (Lipinski definition) is 12. The number of aliphatic hydroxyl groups is 2. The minimum atomic E-state index is -5.71. The average molecular weight is 568 g/mol. The number of nitrogens with zero attached hydrogens (tertiary/aromatic N) is 2. The Bertz CT molecular complexity index is 963. The molecule has 0 amide bonds. The van der Waals surface area contributed by atoms with Crippen molar-refractivity contribution in [2.24, 2.45) is 0 Å². The van der Waals surface area contributed by atoms with Crippen molar-refractivity contribution in [3.05, 3.63) is 22.7 Å². The number of aliphatic hydroxyl groups excluding tert-OH is 2. The molecule has 0 spiro atoms. The SMILES string of the molecule is Cl.Nc1ccn([C@@H]2O[C@H](COP(=O)(O)OP(=O)(O)OP(=O)(O)O)[C@@H](O)[C@H]2O)c(=O)n1.[NaH].[NaH]. The third-order valence-corrected chi connectivity index (χ3v) is 7.08. The van der Waals surface area contributed by atoms with Gasteiger partial charge in [0.05, 0.1) is 6.61 Å². The second-order valence-electron chi connectivity index (χ2n) is 5.48. The standard InChI is InChI=1S/C9H16N3O14P3.ClH.2Na.2H/c10-5-1-2-12(9(15)11-5)8-7(14)6(13)4(24-8)3-23-28(19,20)26-29(21,22)25-27(16,17)18;;;;;/h1-2,4,6-8,13-14H,3H2,(H,19,20)(H,21,22)(H2,10,11,15)(H2,16,17,18);1H;;;;/t4-,6-,7-,8-;;;;;/m1...../s1. The predicted molar refractivity (Wildman–Crippen MR) is 110 cm³/mol. The first-order chi connectivity index (χ1) is 13.1. The van der Waals surface area contributed by atoms with Gasteiger partial charge in [0.2, 0.25) is 0 Å². The Kier molecular flexibility index (Phi) is 15.0. The van der Waals surface area contributed by atoms with Crippen LogP contribution in [0.3, 0.4) is 0 Å². The number of phosphoric acid groups is 3. The van der Waals surface area contributed by atoms with Crippen molar-refractivity contribution in [3.63, 3.8) is 0 Å². The molecular formula is C9H19ClN3Na2O14P3. The van der Waals surface area contributed by atoms with Crippen LogP contribution in [-0.2, 0) is 31.6 Å². The van der Waals surface area contributed by atoms with E-state index in [9.17, 15) is 33.6 Å². The van der Waals surface area contributed by atoms with Crippen molar-refractivity contribution < 1.29 is 61.4 Å². The molecule has 1 aromatic heterocycles. The summed E-state index contributed by atoms with van der Waals surface area (Å²) >= 11 is 0. The molecule has 8 N–H and O–H groups in total. The summed E-state index contributed by atoms with van der Waals surface area (Å²) in [6.07, 6.45) is -5.38. The number of hydrogen-bond donors (Lipinski definition) is 7. The molecule has 1 fully saturated rings. The van der Waals surface area contributed by atoms with Gasteiger partial charge in [-0.25, -0.2) is 18.5 Å². The third kappa shape index (κ3) is 10.5. The molecule has 32 heavy (non-hydrogen) atoms. The van der Waals surface area contributed by atoms with Gasteiger partial charge >= 0.3 is 88.3 Å². The van der Waals surface area contributed by atoms with Crippen LogP contribution >= 0.6 is 35.9 Å². The topological polar surface area (TPSA) is 270 Å². The van der Waals surface area contributed by atoms with Gasteiger partial charge in [-0.1, -0.05) is 0 Å². The van der Waals surface area contributed by atoms with E-state index in [2.05, 4.69) is 18.1 Å². The predicted octanol–water partition coefficient (Wildman–Crippen LogP) is -3.09. The molecule has 1 aromatic rings. The summed E-state index contributed by atoms with van der Waals surface area (Å²) in [4.78, 5) is 50.5. The van der Waals surface area contributed by atoms with Crippen molar-refractivity contribution in [1.29, 1.82) is 0 Å². The van der Waals surface area contributed by atoms with E-state index in [1.54, 1.807) is 0 Å². The molecule has 0 aliphatic carbocycles. The fourth-order valence-corrected chi connectivity index (χ4v) is 5.22. The molecule has 2 unspecified atom stereocenters. The van der Waals surface area contributed by atoms with E-state index in [0.717, 1.165) is 10.8 Å². The fourth-order valence-electron chi connectivity index (χ4n) is 2.19. The maximum atomic E-state index is 11.8. The first-order valence-electron chi connectivity index (χ1n) is 7.25. The molecule has 0 radical (unpaired) electrons. The Morgan fingerprint density at radius 3 is 2.12 bits per heavy atom. The summed E-state index contributed by atoms with van der Waals surface area (Å²) in [6.45, 7) is -1.02. The van der Waals surface area contributed by atoms with Gasteiger partial charge in [0.25, 0.3) is 0 Å². The van der Waals surface area contributed by atoms with Gasteiger partial charge in [0.1, 0.15) is 24.1 Å². The molecule has 17 nitrogen and oxygen atoms in total. The van der Waals surface area contributed by atoms with Crippen LogP contribution in [0.2, 0.25) is 0 Å². The molecule has 178 valence electrons. The Labute approximate surface area is 229 Å². The molecular weight excluding hydrogens is 548 g/mol. The quantitative estimate of drug-likeness (QED) is 0.121. The second-order valence-corrected chi connectivity index (χ2v) is 9.90. The third-order valence-electron chi connectivity index (χ3n) is 3.28. The Balaban J connectivity index is 0. The average Bonchev–Trinajstić information content (AvgIpc) is 2.78. The van der Waals surface area contributed by atoms with Crippen LogP contribution in [0.25, 0.3) is 0 Å². The summed E-state index contributed by atoms with van der Waals surface area (Å²) in [5, 5.41) is 20.0. The molecule has 0 aromatic carbocycles. The van der Waals surface area contributed by atoms with Gasteiger partial charge < -0.3 is 40.3 Å². The molecule has 6 atom stereocenters. The number of phosphoric ester groups is 1. The monoisotopic (exact) mass is 567 g/mol. The van der Waals surface area contributed by atoms with Crippen LogP contribution in [0, 0.1) is 0 Å². The number of anilines is 1. The Morgan fingerprint density at radius 1 is 1.06 bits per heavy atom. The molecule has 1 saturated heterocycles. The molecule has 2 heterocycles. The number of aromatic nitrogens is 2. The van der Waals surface area contributed by atoms with Crippen LogP contribution in [0.1, 0.15) is 6.23 Å². The van der Waals surface area contributed by atoms with Crippen molar-refractivity contribution in [2.75, 3.05) is 12.3 Å². The summed E-state index contributed by atoms with van der Waals surface area (Å²) in [5.74, 6) is -0.122. The van der Waals surface area contributed by atoms with Crippen LogP contribution in [0.15, 0.2) is 17.1 Å². The van der Waals surface area contributed by atoms with E-state index in [4.69, 9.17) is 25.2 Å². The van der Waals surface area contributed by atoms with Gasteiger partial charge in [-0.2, -0.15) is 13.6 Å². The summed E-state index contributed by atoms with van der Waals surface area (Å²) < 4.78 is 50.8. The van der Waals surface area contributed by atoms with Gasteiger partial charge in [-0.15, -0.1) is 12.4 Å². The van der Waals surface area contributed by atoms with Crippen molar-refractivity contribution in [3.8, 4) is 0 Å². The Morgan fingerprint density at radius 2 is 1.62 bits per heavy atom. The zero-order valence-corrected chi connectivity index (χ0v) is 17.8. The number of nitrogens with two attached hydrogens (primary N) is 1. The summed E-state index contributed by atoms with van der Waals surface area (Å²) in [6, 6.07) is 1.20. The van der Waals surface area contributed by atoms with E-state index < -0.39 is 60.3 Å². The number of rotatable bonds is 8. The van der Waals surface area contributed by atoms with E-state index in [1.807, 2.05) is 0 Å². The summed E-state index contributed by atoms with van der Waals surface area (Å²) in [5.41, 5.74) is 4.39. The minimum absolute atomic E-state index is 0. The van der Waals surface area contributed by atoms with Gasteiger partial charge in [-0.05, 0) is 6.07 Å². The number of nitrogen functional groups attached to an aromatic ring is 1. The van der Waals surface area contributed by atoms with Crippen LogP contribution in [0.5, 0.6) is 0 Å². The van der Waals surface area contributed by atoms with Crippen molar-refractivity contribution in [2.45, 2.75) is 24.5 Å². The number of ether oxygens (including phenoxy) is 1. The first kappa shape index (κ1) is 35.4. The first-order valence-corrected chi connectivity index (χ1v) is 11.8. The van der Waals surface area contributed by atoms with Gasteiger partial charge in [0.15, 0.2) is 6.23 Å². The molecule has 1 aliphatic heterocycles. The zero-order valence-electron chi connectivity index (χ0n) is 14.3. The van der Waals surface area contributed by atoms with Crippen LogP contribution in [0.4, 0.5) is 5.82 Å². The molecule has 1 aliphatic rings.